The largest absolute Gasteiger partial charge is 0.351 e. The molecule has 0 saturated heterocycles. The molecule has 2 amide bonds. The summed E-state index contributed by atoms with van der Waals surface area (Å²) in [7, 11) is 0. The number of thiophene rings is 1. The number of hydrogen-bond donors (Lipinski definition) is 2. The van der Waals surface area contributed by atoms with Crippen molar-refractivity contribution in [3.63, 3.8) is 0 Å². The molecule has 5 rings (SSSR count). The highest BCUT2D eigenvalue weighted by Crippen LogP contribution is 2.29. The summed E-state index contributed by atoms with van der Waals surface area (Å²) in [6.07, 6.45) is 9.62. The Labute approximate surface area is 230 Å². The van der Waals surface area contributed by atoms with Gasteiger partial charge in [-0.3, -0.25) is 9.59 Å². The van der Waals surface area contributed by atoms with Gasteiger partial charge in [-0.15, -0.1) is 11.3 Å². The van der Waals surface area contributed by atoms with Gasteiger partial charge in [-0.1, -0.05) is 42.0 Å². The fourth-order valence-corrected chi connectivity index (χ4v) is 4.73. The van der Waals surface area contributed by atoms with E-state index in [0.717, 1.165) is 28.4 Å². The van der Waals surface area contributed by atoms with E-state index in [9.17, 15) is 9.59 Å². The third kappa shape index (κ3) is 6.58. The van der Waals surface area contributed by atoms with Crippen LogP contribution >= 0.6 is 11.3 Å². The number of nitrogens with one attached hydrogen (secondary N) is 2. The first-order valence-corrected chi connectivity index (χ1v) is 13.5. The van der Waals surface area contributed by atoms with Crippen molar-refractivity contribution in [1.29, 1.82) is 0 Å². The molecule has 0 unspecified atom stereocenters. The zero-order chi connectivity index (χ0) is 27.0. The molecule has 196 valence electrons. The van der Waals surface area contributed by atoms with Crippen LogP contribution in [0.15, 0.2) is 103 Å². The number of rotatable bonds is 10. The molecule has 5 aromatic rings. The Balaban J connectivity index is 1.45. The molecule has 0 aliphatic heterocycles. The number of aryl methyl sites for hydroxylation is 2. The summed E-state index contributed by atoms with van der Waals surface area (Å²) in [5.41, 5.74) is 4.00. The van der Waals surface area contributed by atoms with Crippen molar-refractivity contribution in [1.82, 2.24) is 30.0 Å². The maximum Gasteiger partial charge on any atom is 0.267 e. The molecule has 0 spiro atoms. The number of para-hydroxylation sites is 1. The van der Waals surface area contributed by atoms with E-state index in [1.54, 1.807) is 46.8 Å². The molecule has 9 heteroatoms. The van der Waals surface area contributed by atoms with Gasteiger partial charge in [-0.25, -0.2) is 9.67 Å². The van der Waals surface area contributed by atoms with Crippen LogP contribution in [0.1, 0.15) is 27.9 Å². The summed E-state index contributed by atoms with van der Waals surface area (Å²) in [5, 5.41) is 12.6. The van der Waals surface area contributed by atoms with Gasteiger partial charge in [0.05, 0.1) is 16.9 Å². The molecule has 2 aromatic carbocycles. The van der Waals surface area contributed by atoms with Crippen molar-refractivity contribution in [2.45, 2.75) is 19.9 Å². The van der Waals surface area contributed by atoms with Crippen molar-refractivity contribution < 1.29 is 9.59 Å². The number of nitrogens with zero attached hydrogens (tertiary/aromatic N) is 4. The van der Waals surface area contributed by atoms with Gasteiger partial charge in [0, 0.05) is 42.8 Å². The standard InChI is InChI=1S/C30H28N6O2S/c1-22-10-12-23(13-11-22)29(37)33-26(30(38)32-14-6-16-35-17-15-31-21-35)19-24-20-36(25-7-3-2-4-8-25)34-28(24)27-9-5-18-39-27/h2-5,7-13,15,17-21H,6,14,16H2,1H3,(H,32,38)(H,33,37)/b26-19+. The third-order valence-electron chi connectivity index (χ3n) is 6.06. The van der Waals surface area contributed by atoms with Crippen molar-refractivity contribution >= 4 is 29.2 Å². The molecule has 39 heavy (non-hydrogen) atoms. The normalized spacial score (nSPS) is 11.4. The smallest absolute Gasteiger partial charge is 0.267 e. The zero-order valence-electron chi connectivity index (χ0n) is 21.4. The molecule has 0 bridgehead atoms. The lowest BCUT2D eigenvalue weighted by Gasteiger charge is -2.11. The summed E-state index contributed by atoms with van der Waals surface area (Å²) in [6.45, 7) is 3.12. The first-order chi connectivity index (χ1) is 19.1. The number of benzene rings is 2. The van der Waals surface area contributed by atoms with Crippen LogP contribution in [0.2, 0.25) is 0 Å². The Morgan fingerprint density at radius 2 is 1.85 bits per heavy atom. The van der Waals surface area contributed by atoms with Gasteiger partial charge >= 0.3 is 0 Å². The van der Waals surface area contributed by atoms with Crippen LogP contribution in [-0.2, 0) is 11.3 Å². The maximum absolute atomic E-state index is 13.4. The van der Waals surface area contributed by atoms with Crippen LogP contribution in [-0.4, -0.2) is 37.7 Å². The molecule has 0 aliphatic rings. The summed E-state index contributed by atoms with van der Waals surface area (Å²) < 4.78 is 3.73. The highest BCUT2D eigenvalue weighted by Gasteiger charge is 2.18. The van der Waals surface area contributed by atoms with Crippen molar-refractivity contribution in [2.24, 2.45) is 0 Å². The summed E-state index contributed by atoms with van der Waals surface area (Å²) in [6, 6.07) is 20.9. The van der Waals surface area contributed by atoms with Gasteiger partial charge in [0.1, 0.15) is 11.4 Å². The maximum atomic E-state index is 13.4. The van der Waals surface area contributed by atoms with Crippen LogP contribution < -0.4 is 10.6 Å². The van der Waals surface area contributed by atoms with Gasteiger partial charge in [0.15, 0.2) is 0 Å². The molecule has 0 atom stereocenters. The van der Waals surface area contributed by atoms with Crippen molar-refractivity contribution in [3.05, 3.63) is 119 Å². The predicted octanol–water partition coefficient (Wildman–Crippen LogP) is 5.08. The minimum atomic E-state index is -0.370. The second-order valence-corrected chi connectivity index (χ2v) is 9.93. The highest BCUT2D eigenvalue weighted by molar-refractivity contribution is 7.13. The first kappa shape index (κ1) is 25.9. The monoisotopic (exact) mass is 536 g/mol. The van der Waals surface area contributed by atoms with E-state index in [2.05, 4.69) is 15.6 Å². The minimum Gasteiger partial charge on any atom is -0.351 e. The molecule has 0 fully saturated rings. The SMILES string of the molecule is Cc1ccc(C(=O)N/C(=C/c2cn(-c3ccccc3)nc2-c2cccs2)C(=O)NCCCn2ccnc2)cc1. The lowest BCUT2D eigenvalue weighted by Crippen LogP contribution is -2.35. The van der Waals surface area contributed by atoms with Crippen LogP contribution in [0, 0.1) is 6.92 Å². The molecule has 2 N–H and O–H groups in total. The molecular weight excluding hydrogens is 508 g/mol. The molecule has 0 saturated carbocycles. The molecule has 3 aromatic heterocycles. The Kier molecular flexibility index (Phi) is 8.09. The predicted molar refractivity (Wildman–Crippen MR) is 153 cm³/mol. The van der Waals surface area contributed by atoms with E-state index in [0.29, 0.717) is 24.1 Å². The number of carbonyl (C=O) groups excluding carboxylic acids is 2. The van der Waals surface area contributed by atoms with E-state index in [4.69, 9.17) is 5.10 Å². The van der Waals surface area contributed by atoms with E-state index < -0.39 is 0 Å². The van der Waals surface area contributed by atoms with Crippen LogP contribution in [0.25, 0.3) is 22.3 Å². The van der Waals surface area contributed by atoms with Crippen LogP contribution in [0.3, 0.4) is 0 Å². The zero-order valence-corrected chi connectivity index (χ0v) is 22.3. The number of hydrogen-bond acceptors (Lipinski definition) is 5. The highest BCUT2D eigenvalue weighted by atomic mass is 32.1. The average molecular weight is 537 g/mol. The molecular formula is C30H28N6O2S. The van der Waals surface area contributed by atoms with E-state index in [-0.39, 0.29) is 17.5 Å². The van der Waals surface area contributed by atoms with E-state index in [1.165, 1.54) is 0 Å². The Morgan fingerprint density at radius 1 is 1.03 bits per heavy atom. The lowest BCUT2D eigenvalue weighted by molar-refractivity contribution is -0.117. The van der Waals surface area contributed by atoms with Crippen molar-refractivity contribution in [2.75, 3.05) is 6.54 Å². The summed E-state index contributed by atoms with van der Waals surface area (Å²) >= 11 is 1.56. The van der Waals surface area contributed by atoms with Gasteiger partial charge in [0.25, 0.3) is 11.8 Å². The number of carbonyl (C=O) groups is 2. The average Bonchev–Trinajstić information content (AvgIpc) is 3.74. The Morgan fingerprint density at radius 3 is 2.56 bits per heavy atom. The number of amides is 2. The summed E-state index contributed by atoms with van der Waals surface area (Å²) in [5.74, 6) is -0.728. The van der Waals surface area contributed by atoms with Crippen molar-refractivity contribution in [3.8, 4) is 16.3 Å². The number of aromatic nitrogens is 4. The van der Waals surface area contributed by atoms with E-state index in [1.807, 2.05) is 83.9 Å². The fraction of sp³-hybridized carbons (Fsp3) is 0.133. The molecule has 8 nitrogen and oxygen atoms in total. The first-order valence-electron chi connectivity index (χ1n) is 12.6. The lowest BCUT2D eigenvalue weighted by atomic mass is 10.1. The Hall–Kier alpha value is -4.76. The number of imidazole rings is 1. The van der Waals surface area contributed by atoms with Gasteiger partial charge < -0.3 is 15.2 Å². The fourth-order valence-electron chi connectivity index (χ4n) is 4.00. The molecule has 3 heterocycles. The second kappa shape index (κ2) is 12.2. The Bertz CT molecular complexity index is 1550. The molecule has 0 aliphatic carbocycles. The van der Waals surface area contributed by atoms with Gasteiger partial charge in [0.2, 0.25) is 0 Å². The van der Waals surface area contributed by atoms with Crippen LogP contribution in [0.4, 0.5) is 0 Å². The molecule has 0 radical (unpaired) electrons. The van der Waals surface area contributed by atoms with Crippen LogP contribution in [0.5, 0.6) is 0 Å². The minimum absolute atomic E-state index is 0.147. The second-order valence-electron chi connectivity index (χ2n) is 8.98. The van der Waals surface area contributed by atoms with Gasteiger partial charge in [-0.2, -0.15) is 5.10 Å². The topological polar surface area (TPSA) is 93.8 Å². The van der Waals surface area contributed by atoms with E-state index >= 15 is 0 Å². The summed E-state index contributed by atoms with van der Waals surface area (Å²) in [4.78, 5) is 31.5. The quantitative estimate of drug-likeness (QED) is 0.192. The van der Waals surface area contributed by atoms with Gasteiger partial charge in [-0.05, 0) is 55.1 Å². The third-order valence-corrected chi connectivity index (χ3v) is 6.94.